The third-order valence-corrected chi connectivity index (χ3v) is 5.32. The van der Waals surface area contributed by atoms with Crippen LogP contribution < -0.4 is 5.32 Å². The second-order valence-electron chi connectivity index (χ2n) is 7.89. The van der Waals surface area contributed by atoms with E-state index in [1.165, 1.54) is 6.92 Å². The van der Waals surface area contributed by atoms with E-state index in [4.69, 9.17) is 0 Å². The number of imidazole rings is 1. The number of benzene rings is 3. The minimum Gasteiger partial charge on any atom is -0.388 e. The number of para-hydroxylation sites is 2. The highest BCUT2D eigenvalue weighted by atomic mass is 16.3. The van der Waals surface area contributed by atoms with Crippen LogP contribution in [-0.2, 0) is 16.0 Å². The molecule has 0 aliphatic rings. The summed E-state index contributed by atoms with van der Waals surface area (Å²) >= 11 is 0. The molecule has 0 saturated heterocycles. The van der Waals surface area contributed by atoms with Gasteiger partial charge in [-0.25, -0.2) is 4.98 Å². The number of Topliss-reactive ketones (excluding diaryl/α,β-unsaturated/α-hetero) is 1. The molecule has 32 heavy (non-hydrogen) atoms. The number of carbonyl (C=O) groups excluding carboxylic acids is 2. The van der Waals surface area contributed by atoms with Crippen molar-refractivity contribution in [2.75, 3.05) is 5.32 Å². The summed E-state index contributed by atoms with van der Waals surface area (Å²) in [5.74, 6) is 0.673. The number of hydrogen-bond acceptors (Lipinski definition) is 4. The van der Waals surface area contributed by atoms with E-state index in [9.17, 15) is 14.7 Å². The average molecular weight is 428 g/mol. The van der Waals surface area contributed by atoms with Gasteiger partial charge in [-0.15, -0.1) is 0 Å². The maximum atomic E-state index is 12.3. The van der Waals surface area contributed by atoms with Crippen LogP contribution in [0.15, 0.2) is 72.8 Å². The number of aromatic nitrogens is 2. The molecule has 1 unspecified atom stereocenters. The van der Waals surface area contributed by atoms with Crippen molar-refractivity contribution in [2.45, 2.75) is 32.3 Å². The van der Waals surface area contributed by atoms with Crippen molar-refractivity contribution in [3.8, 4) is 11.4 Å². The Morgan fingerprint density at radius 1 is 1.00 bits per heavy atom. The summed E-state index contributed by atoms with van der Waals surface area (Å²) in [6.07, 6.45) is 0.260. The number of aliphatic hydroxyl groups is 1. The third-order valence-electron chi connectivity index (χ3n) is 5.32. The first-order valence-corrected chi connectivity index (χ1v) is 10.6. The molecule has 6 nitrogen and oxygen atoms in total. The topological polar surface area (TPSA) is 95.1 Å². The molecular weight excluding hydrogens is 402 g/mol. The van der Waals surface area contributed by atoms with E-state index in [0.717, 1.165) is 33.7 Å². The molecule has 0 aliphatic heterocycles. The molecule has 0 radical (unpaired) electrons. The van der Waals surface area contributed by atoms with E-state index in [-0.39, 0.29) is 18.1 Å². The van der Waals surface area contributed by atoms with Gasteiger partial charge < -0.3 is 15.4 Å². The highest BCUT2D eigenvalue weighted by Crippen LogP contribution is 2.22. The van der Waals surface area contributed by atoms with Gasteiger partial charge >= 0.3 is 0 Å². The van der Waals surface area contributed by atoms with Gasteiger partial charge in [0.15, 0.2) is 0 Å². The molecule has 3 N–H and O–H groups in total. The van der Waals surface area contributed by atoms with E-state index in [1.807, 2.05) is 60.7 Å². The molecule has 4 aromatic rings. The summed E-state index contributed by atoms with van der Waals surface area (Å²) in [6, 6.07) is 22.8. The Morgan fingerprint density at radius 3 is 2.41 bits per heavy atom. The van der Waals surface area contributed by atoms with Gasteiger partial charge in [0.1, 0.15) is 11.6 Å². The van der Waals surface area contributed by atoms with E-state index in [0.29, 0.717) is 18.4 Å². The molecule has 3 aromatic carbocycles. The number of anilines is 1. The number of rotatable bonds is 8. The molecule has 1 heterocycles. The Hall–Kier alpha value is -3.77. The lowest BCUT2D eigenvalue weighted by Crippen LogP contribution is -2.12. The fourth-order valence-corrected chi connectivity index (χ4v) is 3.58. The van der Waals surface area contributed by atoms with Crippen molar-refractivity contribution in [1.82, 2.24) is 9.97 Å². The minimum atomic E-state index is -0.785. The van der Waals surface area contributed by atoms with Crippen molar-refractivity contribution in [1.29, 1.82) is 0 Å². The molecule has 4 rings (SSSR count). The Balaban J connectivity index is 1.31. The lowest BCUT2D eigenvalue weighted by atomic mass is 10.0. The predicted octanol–water partition coefficient (Wildman–Crippen LogP) is 4.81. The summed E-state index contributed by atoms with van der Waals surface area (Å²) in [7, 11) is 0. The van der Waals surface area contributed by atoms with Crippen LogP contribution in [0.4, 0.5) is 5.69 Å². The number of H-pyrrole nitrogens is 1. The SMILES string of the molecule is CC(=O)CC(O)c1ccc(CCC(=O)Nc2ccc(-c3nc4ccccc4[nH]3)cc2)cc1. The lowest BCUT2D eigenvalue weighted by Gasteiger charge is -2.10. The quantitative estimate of drug-likeness (QED) is 0.376. The van der Waals surface area contributed by atoms with E-state index < -0.39 is 6.10 Å². The second-order valence-corrected chi connectivity index (χ2v) is 7.89. The molecule has 0 fully saturated rings. The lowest BCUT2D eigenvalue weighted by molar-refractivity contribution is -0.119. The standard InChI is InChI=1S/C26H25N3O3/c1-17(30)16-24(31)19-9-6-18(7-10-19)8-15-25(32)27-21-13-11-20(12-14-21)26-28-22-4-2-3-5-23(22)29-26/h2-7,9-14,24,31H,8,15-16H2,1H3,(H,27,32)(H,28,29). The van der Waals surface area contributed by atoms with Gasteiger partial charge in [-0.1, -0.05) is 36.4 Å². The summed E-state index contributed by atoms with van der Waals surface area (Å²) in [4.78, 5) is 31.4. The second kappa shape index (κ2) is 9.58. The van der Waals surface area contributed by atoms with Crippen LogP contribution in [0, 0.1) is 0 Å². The molecule has 0 saturated carbocycles. The number of aryl methyl sites for hydroxylation is 1. The van der Waals surface area contributed by atoms with Crippen molar-refractivity contribution < 1.29 is 14.7 Å². The smallest absolute Gasteiger partial charge is 0.224 e. The number of hydrogen-bond donors (Lipinski definition) is 3. The van der Waals surface area contributed by atoms with E-state index >= 15 is 0 Å². The van der Waals surface area contributed by atoms with Gasteiger partial charge in [0.2, 0.25) is 5.91 Å². The van der Waals surface area contributed by atoms with Crippen molar-refractivity contribution in [3.05, 3.63) is 83.9 Å². The zero-order chi connectivity index (χ0) is 22.5. The Morgan fingerprint density at radius 2 is 1.72 bits per heavy atom. The van der Waals surface area contributed by atoms with Crippen LogP contribution in [0.1, 0.15) is 37.0 Å². The van der Waals surface area contributed by atoms with Crippen molar-refractivity contribution in [2.24, 2.45) is 0 Å². The van der Waals surface area contributed by atoms with Crippen molar-refractivity contribution in [3.63, 3.8) is 0 Å². The zero-order valence-electron chi connectivity index (χ0n) is 17.8. The number of ketones is 1. The highest BCUT2D eigenvalue weighted by molar-refractivity contribution is 5.91. The van der Waals surface area contributed by atoms with Gasteiger partial charge in [0.25, 0.3) is 0 Å². The molecule has 0 spiro atoms. The van der Waals surface area contributed by atoms with Crippen LogP contribution in [-0.4, -0.2) is 26.8 Å². The van der Waals surface area contributed by atoms with Crippen LogP contribution in [0.25, 0.3) is 22.4 Å². The summed E-state index contributed by atoms with van der Waals surface area (Å²) in [6.45, 7) is 1.46. The molecule has 0 aliphatic carbocycles. The van der Waals surface area contributed by atoms with E-state index in [2.05, 4.69) is 15.3 Å². The Labute approximate surface area is 186 Å². The van der Waals surface area contributed by atoms with Crippen LogP contribution in [0.5, 0.6) is 0 Å². The van der Waals surface area contributed by atoms with Gasteiger partial charge in [-0.3, -0.25) is 9.59 Å². The summed E-state index contributed by atoms with van der Waals surface area (Å²) < 4.78 is 0. The number of aliphatic hydroxyl groups excluding tert-OH is 1. The number of nitrogens with zero attached hydrogens (tertiary/aromatic N) is 1. The number of nitrogens with one attached hydrogen (secondary N) is 2. The minimum absolute atomic E-state index is 0.0520. The normalized spacial score (nSPS) is 11.9. The van der Waals surface area contributed by atoms with Gasteiger partial charge in [-0.2, -0.15) is 0 Å². The molecule has 162 valence electrons. The van der Waals surface area contributed by atoms with Gasteiger partial charge in [0, 0.05) is 24.1 Å². The number of fused-ring (bicyclic) bond motifs is 1. The fourth-order valence-electron chi connectivity index (χ4n) is 3.58. The fraction of sp³-hybridized carbons (Fsp3) is 0.192. The Bertz CT molecular complexity index is 1190. The van der Waals surface area contributed by atoms with Crippen LogP contribution >= 0.6 is 0 Å². The number of aromatic amines is 1. The number of carbonyl (C=O) groups is 2. The zero-order valence-corrected chi connectivity index (χ0v) is 17.8. The number of amides is 1. The average Bonchev–Trinajstić information content (AvgIpc) is 3.22. The van der Waals surface area contributed by atoms with Crippen LogP contribution in [0.2, 0.25) is 0 Å². The molecule has 1 aromatic heterocycles. The van der Waals surface area contributed by atoms with Crippen molar-refractivity contribution >= 4 is 28.4 Å². The summed E-state index contributed by atoms with van der Waals surface area (Å²) in [5.41, 5.74) is 5.29. The molecule has 1 amide bonds. The maximum Gasteiger partial charge on any atom is 0.224 e. The van der Waals surface area contributed by atoms with E-state index in [1.54, 1.807) is 12.1 Å². The largest absolute Gasteiger partial charge is 0.388 e. The first-order valence-electron chi connectivity index (χ1n) is 10.6. The molecular formula is C26H25N3O3. The van der Waals surface area contributed by atoms with Gasteiger partial charge in [0.05, 0.1) is 17.1 Å². The first kappa shape index (κ1) is 21.5. The summed E-state index contributed by atoms with van der Waals surface area (Å²) in [5, 5.41) is 12.9. The Kier molecular flexibility index (Phi) is 6.42. The monoisotopic (exact) mass is 427 g/mol. The highest BCUT2D eigenvalue weighted by Gasteiger charge is 2.11. The van der Waals surface area contributed by atoms with Gasteiger partial charge in [-0.05, 0) is 60.9 Å². The first-order chi connectivity index (χ1) is 15.5. The predicted molar refractivity (Wildman–Crippen MR) is 125 cm³/mol. The molecule has 0 bridgehead atoms. The molecule has 6 heteroatoms. The maximum absolute atomic E-state index is 12.3. The molecule has 1 atom stereocenters. The van der Waals surface area contributed by atoms with Crippen LogP contribution in [0.3, 0.4) is 0 Å². The third kappa shape index (κ3) is 5.28.